The van der Waals surface area contributed by atoms with Gasteiger partial charge in [0.2, 0.25) is 0 Å². The van der Waals surface area contributed by atoms with Gasteiger partial charge in [0.05, 0.1) is 6.26 Å². The summed E-state index contributed by atoms with van der Waals surface area (Å²) in [6, 6.07) is 0.206. The molecule has 0 aromatic carbocycles. The molecule has 0 amide bonds. The summed E-state index contributed by atoms with van der Waals surface area (Å²) in [6.45, 7) is 5.61. The largest absolute Gasteiger partial charge is 0.311 e. The molecule has 1 aliphatic heterocycles. The first-order valence-corrected chi connectivity index (χ1v) is 6.45. The molecule has 0 radical (unpaired) electrons. The Kier molecular flexibility index (Phi) is 2.99. The van der Waals surface area contributed by atoms with E-state index in [9.17, 15) is 8.42 Å². The predicted molar refractivity (Wildman–Crippen MR) is 50.3 cm³/mol. The van der Waals surface area contributed by atoms with Crippen LogP contribution in [0, 0.1) is 0 Å². The summed E-state index contributed by atoms with van der Waals surface area (Å²) in [5.41, 5.74) is 0. The van der Waals surface area contributed by atoms with Gasteiger partial charge in [0.25, 0.3) is 0 Å². The first-order chi connectivity index (χ1) is 5.86. The first-order valence-electron chi connectivity index (χ1n) is 4.64. The van der Waals surface area contributed by atoms with E-state index in [0.717, 1.165) is 32.2 Å². The van der Waals surface area contributed by atoms with Crippen molar-refractivity contribution < 1.29 is 17.3 Å². The molecule has 1 aliphatic rings. The van der Waals surface area contributed by atoms with Gasteiger partial charge in [-0.2, -0.15) is 13.1 Å². The van der Waals surface area contributed by atoms with Crippen molar-refractivity contribution in [2.45, 2.75) is 32.7 Å². The molecule has 1 rings (SSSR count). The van der Waals surface area contributed by atoms with Gasteiger partial charge in [-0.3, -0.25) is 0 Å². The fraction of sp³-hybridized carbons (Fsp3) is 1.00. The van der Waals surface area contributed by atoms with Crippen LogP contribution in [-0.4, -0.2) is 38.5 Å². The van der Waals surface area contributed by atoms with Crippen LogP contribution >= 0.6 is 0 Å². The van der Waals surface area contributed by atoms with Crippen molar-refractivity contribution >= 4 is 10.1 Å². The highest BCUT2D eigenvalue weighted by Gasteiger charge is 2.40. The van der Waals surface area contributed by atoms with E-state index in [1.165, 1.54) is 0 Å². The average molecular weight is 208 g/mol. The summed E-state index contributed by atoms with van der Waals surface area (Å²) in [5.74, 6) is 0. The first kappa shape index (κ1) is 10.9. The number of hydrogen-bond donors (Lipinski definition) is 0. The summed E-state index contributed by atoms with van der Waals surface area (Å²) in [6.07, 6.45) is 3.22. The second-order valence-corrected chi connectivity index (χ2v) is 5.54. The molecule has 0 aromatic rings. The maximum absolute atomic E-state index is 11.1. The Morgan fingerprint density at radius 2 is 1.69 bits per heavy atom. The summed E-state index contributed by atoms with van der Waals surface area (Å²) >= 11 is 0. The van der Waals surface area contributed by atoms with Gasteiger partial charge in [0.15, 0.2) is 0 Å². The number of likely N-dealkylation sites (tertiary alicyclic amines) is 1. The normalized spacial score (nSPS) is 22.5. The molecule has 0 saturated carbocycles. The topological polar surface area (TPSA) is 43.4 Å². The van der Waals surface area contributed by atoms with Gasteiger partial charge in [-0.05, 0) is 13.8 Å². The van der Waals surface area contributed by atoms with E-state index in [4.69, 9.17) is 4.28 Å². The van der Waals surface area contributed by atoms with Crippen LogP contribution in [0.5, 0.6) is 0 Å². The Morgan fingerprint density at radius 3 is 2.00 bits per heavy atom. The summed E-state index contributed by atoms with van der Waals surface area (Å²) < 4.78 is 27.6. The van der Waals surface area contributed by atoms with E-state index in [2.05, 4.69) is 0 Å². The SMILES string of the molecule is CC(C)[N+]1(OS(C)(=O)=O)CCCC1. The standard InChI is InChI=1S/C8H18NO3S/c1-8(2)9(6-4-5-7-9)12-13(3,10)11/h8H,4-7H2,1-3H3/q+1. The van der Waals surface area contributed by atoms with Gasteiger partial charge in [-0.25, -0.2) is 0 Å². The predicted octanol–water partition coefficient (Wildman–Crippen LogP) is 0.897. The van der Waals surface area contributed by atoms with Gasteiger partial charge < -0.3 is 0 Å². The molecule has 78 valence electrons. The molecule has 0 aromatic heterocycles. The third-order valence-electron chi connectivity index (χ3n) is 2.55. The van der Waals surface area contributed by atoms with Crippen molar-refractivity contribution in [2.75, 3.05) is 19.3 Å². The van der Waals surface area contributed by atoms with Crippen molar-refractivity contribution in [1.82, 2.24) is 0 Å². The van der Waals surface area contributed by atoms with E-state index in [1.807, 2.05) is 13.8 Å². The Hall–Kier alpha value is -0.130. The summed E-state index contributed by atoms with van der Waals surface area (Å²) in [5, 5.41) is 0. The molecule has 1 heterocycles. The van der Waals surface area contributed by atoms with Crippen LogP contribution in [0.15, 0.2) is 0 Å². The van der Waals surface area contributed by atoms with Crippen LogP contribution < -0.4 is 0 Å². The van der Waals surface area contributed by atoms with Crippen molar-refractivity contribution in [3.05, 3.63) is 0 Å². The number of hydroxylamine groups is 3. The molecular formula is C8H18NO3S+. The van der Waals surface area contributed by atoms with Crippen LogP contribution in [0.3, 0.4) is 0 Å². The lowest BCUT2D eigenvalue weighted by Crippen LogP contribution is -2.51. The maximum Gasteiger partial charge on any atom is 0.311 e. The summed E-state index contributed by atoms with van der Waals surface area (Å²) in [4.78, 5) is 0. The van der Waals surface area contributed by atoms with Crippen molar-refractivity contribution in [1.29, 1.82) is 0 Å². The number of nitrogens with zero attached hydrogens (tertiary/aromatic N) is 1. The maximum atomic E-state index is 11.1. The molecule has 0 atom stereocenters. The zero-order chi connectivity index (χ0) is 10.1. The second kappa shape index (κ2) is 3.55. The molecule has 1 saturated heterocycles. The highest BCUT2D eigenvalue weighted by molar-refractivity contribution is 7.85. The average Bonchev–Trinajstić information content (AvgIpc) is 2.33. The second-order valence-electron chi connectivity index (χ2n) is 3.98. The molecule has 0 unspecified atom stereocenters. The van der Waals surface area contributed by atoms with Crippen LogP contribution in [-0.2, 0) is 14.4 Å². The number of rotatable bonds is 3. The molecule has 5 heteroatoms. The minimum Gasteiger partial charge on any atom is -0.195 e. The molecule has 0 N–H and O–H groups in total. The third-order valence-corrected chi connectivity index (χ3v) is 3.12. The van der Waals surface area contributed by atoms with Crippen LogP contribution in [0.4, 0.5) is 0 Å². The Morgan fingerprint density at radius 1 is 1.23 bits per heavy atom. The van der Waals surface area contributed by atoms with E-state index >= 15 is 0 Å². The molecule has 0 aliphatic carbocycles. The van der Waals surface area contributed by atoms with Gasteiger partial charge in [-0.1, -0.05) is 4.28 Å². The molecule has 0 spiro atoms. The van der Waals surface area contributed by atoms with Gasteiger partial charge in [0.1, 0.15) is 19.1 Å². The fourth-order valence-electron chi connectivity index (χ4n) is 1.82. The van der Waals surface area contributed by atoms with Gasteiger partial charge >= 0.3 is 10.1 Å². The van der Waals surface area contributed by atoms with E-state index in [1.54, 1.807) is 0 Å². The zero-order valence-corrected chi connectivity index (χ0v) is 9.30. The molecule has 1 fully saturated rings. The lowest BCUT2D eigenvalue weighted by Gasteiger charge is -2.32. The summed E-state index contributed by atoms with van der Waals surface area (Å²) in [7, 11) is -3.34. The van der Waals surface area contributed by atoms with E-state index in [-0.39, 0.29) is 10.7 Å². The minimum atomic E-state index is -3.34. The molecule has 13 heavy (non-hydrogen) atoms. The lowest BCUT2D eigenvalue weighted by atomic mass is 10.3. The highest BCUT2D eigenvalue weighted by atomic mass is 32.2. The van der Waals surface area contributed by atoms with Crippen molar-refractivity contribution in [2.24, 2.45) is 0 Å². The third kappa shape index (κ3) is 2.65. The minimum absolute atomic E-state index is 0.206. The molecule has 0 bridgehead atoms. The van der Waals surface area contributed by atoms with Gasteiger partial charge in [0, 0.05) is 12.8 Å². The monoisotopic (exact) mass is 208 g/mol. The Balaban J connectivity index is 2.80. The van der Waals surface area contributed by atoms with E-state index in [0.29, 0.717) is 0 Å². The molecule has 4 nitrogen and oxygen atoms in total. The Labute approximate surface area is 80.2 Å². The van der Waals surface area contributed by atoms with Crippen molar-refractivity contribution in [3.8, 4) is 0 Å². The van der Waals surface area contributed by atoms with Crippen LogP contribution in [0.2, 0.25) is 0 Å². The van der Waals surface area contributed by atoms with Crippen molar-refractivity contribution in [3.63, 3.8) is 0 Å². The lowest BCUT2D eigenvalue weighted by molar-refractivity contribution is -1.09. The molecular weight excluding hydrogens is 190 g/mol. The Bertz CT molecular complexity index is 265. The van der Waals surface area contributed by atoms with E-state index < -0.39 is 10.1 Å². The van der Waals surface area contributed by atoms with Crippen LogP contribution in [0.25, 0.3) is 0 Å². The van der Waals surface area contributed by atoms with Crippen LogP contribution in [0.1, 0.15) is 26.7 Å². The number of quaternary nitrogens is 1. The quantitative estimate of drug-likeness (QED) is 0.647. The highest BCUT2D eigenvalue weighted by Crippen LogP contribution is 2.25. The number of hydrogen-bond acceptors (Lipinski definition) is 3. The zero-order valence-electron chi connectivity index (χ0n) is 8.49. The fourth-order valence-corrected chi connectivity index (χ4v) is 2.68. The van der Waals surface area contributed by atoms with Gasteiger partial charge in [-0.15, -0.1) is 0 Å². The smallest absolute Gasteiger partial charge is 0.195 e.